The highest BCUT2D eigenvalue weighted by Gasteiger charge is 2.52. The second kappa shape index (κ2) is 5.38. The van der Waals surface area contributed by atoms with Gasteiger partial charge < -0.3 is 4.74 Å². The molecule has 2 rings (SSSR count). The van der Waals surface area contributed by atoms with Crippen molar-refractivity contribution in [3.05, 3.63) is 35.9 Å². The van der Waals surface area contributed by atoms with Gasteiger partial charge in [0.2, 0.25) is 0 Å². The van der Waals surface area contributed by atoms with Gasteiger partial charge in [0.1, 0.15) is 0 Å². The van der Waals surface area contributed by atoms with Gasteiger partial charge in [0.25, 0.3) is 0 Å². The summed E-state index contributed by atoms with van der Waals surface area (Å²) in [4.78, 5) is 0. The molecule has 1 heterocycles. The van der Waals surface area contributed by atoms with E-state index in [1.165, 1.54) is 5.56 Å². The first-order valence-corrected chi connectivity index (χ1v) is 7.82. The second-order valence-corrected chi connectivity index (χ2v) is 8.01. The lowest BCUT2D eigenvalue weighted by Crippen LogP contribution is -2.56. The van der Waals surface area contributed by atoms with E-state index in [1.807, 2.05) is 0 Å². The van der Waals surface area contributed by atoms with E-state index in [2.05, 4.69) is 77.3 Å². The Kier molecular flexibility index (Phi) is 4.22. The van der Waals surface area contributed by atoms with Gasteiger partial charge in [-0.05, 0) is 39.7 Å². The molecule has 1 aliphatic rings. The summed E-state index contributed by atoms with van der Waals surface area (Å²) in [6, 6.07) is 10.7. The van der Waals surface area contributed by atoms with E-state index < -0.39 is 0 Å². The number of hydrogen-bond donors (Lipinski definition) is 2. The van der Waals surface area contributed by atoms with Crippen LogP contribution < -0.4 is 11.3 Å². The van der Waals surface area contributed by atoms with Crippen molar-refractivity contribution in [3.63, 3.8) is 0 Å². The summed E-state index contributed by atoms with van der Waals surface area (Å²) < 4.78 is 6.27. The number of benzene rings is 1. The largest absolute Gasteiger partial charge is 0.369 e. The second-order valence-electron chi connectivity index (χ2n) is 8.01. The summed E-state index contributed by atoms with van der Waals surface area (Å²) in [6.07, 6.45) is 1.01. The van der Waals surface area contributed by atoms with E-state index in [1.54, 1.807) is 0 Å². The predicted molar refractivity (Wildman–Crippen MR) is 87.9 cm³/mol. The Balaban J connectivity index is 2.36. The van der Waals surface area contributed by atoms with Crippen LogP contribution in [0.2, 0.25) is 0 Å². The van der Waals surface area contributed by atoms with Crippen LogP contribution in [-0.4, -0.2) is 17.2 Å². The minimum Gasteiger partial charge on any atom is -0.369 e. The highest BCUT2D eigenvalue weighted by Crippen LogP contribution is 2.47. The summed E-state index contributed by atoms with van der Waals surface area (Å²) in [5.41, 5.74) is 4.04. The van der Waals surface area contributed by atoms with E-state index in [0.29, 0.717) is 5.92 Å². The van der Waals surface area contributed by atoms with Gasteiger partial charge in [-0.1, -0.05) is 44.2 Å². The Morgan fingerprint density at radius 3 is 2.19 bits per heavy atom. The zero-order valence-electron chi connectivity index (χ0n) is 14.2. The topological polar surface area (TPSA) is 47.3 Å². The van der Waals surface area contributed by atoms with E-state index >= 15 is 0 Å². The molecular formula is C18H30N2O. The van der Waals surface area contributed by atoms with E-state index in [9.17, 15) is 0 Å². The normalized spacial score (nSPS) is 25.8. The van der Waals surface area contributed by atoms with Crippen molar-refractivity contribution in [3.8, 4) is 0 Å². The van der Waals surface area contributed by atoms with Crippen LogP contribution in [0.4, 0.5) is 0 Å². The van der Waals surface area contributed by atoms with Crippen LogP contribution in [0.3, 0.4) is 0 Å². The molecule has 2 atom stereocenters. The zero-order valence-corrected chi connectivity index (χ0v) is 14.2. The lowest BCUT2D eigenvalue weighted by molar-refractivity contribution is -0.0800. The van der Waals surface area contributed by atoms with Gasteiger partial charge in [-0.2, -0.15) is 0 Å². The standard InChI is InChI=1S/C18H30N2O/c1-16(2)12-14(18(5,6)21-16)15(20-19)17(3,4)13-10-8-7-9-11-13/h7-11,14-15,20H,12,19H2,1-6H3. The molecule has 1 aromatic carbocycles. The van der Waals surface area contributed by atoms with Gasteiger partial charge >= 0.3 is 0 Å². The lowest BCUT2D eigenvalue weighted by Gasteiger charge is -2.42. The summed E-state index contributed by atoms with van der Waals surface area (Å²) in [5, 5.41) is 0. The summed E-state index contributed by atoms with van der Waals surface area (Å²) in [5.74, 6) is 6.33. The Hall–Kier alpha value is -0.900. The maximum Gasteiger partial charge on any atom is 0.0678 e. The first-order valence-electron chi connectivity index (χ1n) is 7.82. The third-order valence-electron chi connectivity index (χ3n) is 5.02. The van der Waals surface area contributed by atoms with Crippen molar-refractivity contribution >= 4 is 0 Å². The van der Waals surface area contributed by atoms with Gasteiger partial charge in [-0.3, -0.25) is 11.3 Å². The highest BCUT2D eigenvalue weighted by molar-refractivity contribution is 5.27. The van der Waals surface area contributed by atoms with Crippen molar-refractivity contribution < 1.29 is 4.74 Å². The molecule has 0 saturated carbocycles. The number of ether oxygens (including phenoxy) is 1. The van der Waals surface area contributed by atoms with Crippen molar-refractivity contribution in [2.45, 2.75) is 70.6 Å². The molecule has 0 aromatic heterocycles. The van der Waals surface area contributed by atoms with E-state index in [4.69, 9.17) is 10.6 Å². The molecule has 0 aliphatic carbocycles. The number of nitrogens with one attached hydrogen (secondary N) is 1. The van der Waals surface area contributed by atoms with Crippen molar-refractivity contribution in [1.82, 2.24) is 5.43 Å². The first-order chi connectivity index (χ1) is 9.60. The molecule has 0 spiro atoms. The van der Waals surface area contributed by atoms with Crippen LogP contribution in [0, 0.1) is 5.92 Å². The molecule has 1 fully saturated rings. The maximum absolute atomic E-state index is 6.27. The van der Waals surface area contributed by atoms with Gasteiger partial charge in [-0.15, -0.1) is 0 Å². The molecule has 1 saturated heterocycles. The summed E-state index contributed by atoms with van der Waals surface area (Å²) >= 11 is 0. The fourth-order valence-corrected chi connectivity index (χ4v) is 4.00. The highest BCUT2D eigenvalue weighted by atomic mass is 16.5. The number of hydrogen-bond acceptors (Lipinski definition) is 3. The third kappa shape index (κ3) is 3.15. The number of nitrogens with two attached hydrogens (primary N) is 1. The monoisotopic (exact) mass is 290 g/mol. The van der Waals surface area contributed by atoms with Gasteiger partial charge in [0, 0.05) is 17.4 Å². The van der Waals surface area contributed by atoms with Crippen LogP contribution >= 0.6 is 0 Å². The maximum atomic E-state index is 6.27. The molecule has 2 unspecified atom stereocenters. The van der Waals surface area contributed by atoms with Crippen LogP contribution in [0.25, 0.3) is 0 Å². The fraction of sp³-hybridized carbons (Fsp3) is 0.667. The minimum atomic E-state index is -0.188. The molecule has 0 amide bonds. The van der Waals surface area contributed by atoms with Crippen LogP contribution in [-0.2, 0) is 10.2 Å². The van der Waals surface area contributed by atoms with Crippen molar-refractivity contribution in [2.24, 2.45) is 11.8 Å². The molecule has 3 heteroatoms. The molecule has 3 N–H and O–H groups in total. The Morgan fingerprint density at radius 2 is 1.76 bits per heavy atom. The average Bonchev–Trinajstić information content (AvgIpc) is 2.59. The molecule has 0 bridgehead atoms. The van der Waals surface area contributed by atoms with Gasteiger partial charge in [-0.25, -0.2) is 0 Å². The quantitative estimate of drug-likeness (QED) is 0.660. The van der Waals surface area contributed by atoms with Crippen molar-refractivity contribution in [2.75, 3.05) is 0 Å². The Bertz CT molecular complexity index is 479. The van der Waals surface area contributed by atoms with Gasteiger partial charge in [0.05, 0.1) is 11.2 Å². The molecule has 0 radical (unpaired) electrons. The van der Waals surface area contributed by atoms with Gasteiger partial charge in [0.15, 0.2) is 0 Å². The zero-order chi connectivity index (χ0) is 15.9. The molecule has 21 heavy (non-hydrogen) atoms. The first kappa shape index (κ1) is 16.5. The Labute approximate surface area is 129 Å². The smallest absolute Gasteiger partial charge is 0.0678 e. The average molecular weight is 290 g/mol. The van der Waals surface area contributed by atoms with Crippen LogP contribution in [0.15, 0.2) is 30.3 Å². The molecule has 3 nitrogen and oxygen atoms in total. The number of hydrazine groups is 1. The Morgan fingerprint density at radius 1 is 1.19 bits per heavy atom. The van der Waals surface area contributed by atoms with Crippen molar-refractivity contribution in [1.29, 1.82) is 0 Å². The SMILES string of the molecule is CC1(C)CC(C(NN)C(C)(C)c2ccccc2)C(C)(C)O1. The van der Waals surface area contributed by atoms with Crippen LogP contribution in [0.1, 0.15) is 53.5 Å². The van der Waals surface area contributed by atoms with E-state index in [0.717, 1.165) is 6.42 Å². The molecule has 1 aromatic rings. The minimum absolute atomic E-state index is 0.0677. The lowest BCUT2D eigenvalue weighted by atomic mass is 9.67. The fourth-order valence-electron chi connectivity index (χ4n) is 4.00. The number of rotatable bonds is 4. The summed E-state index contributed by atoms with van der Waals surface area (Å²) in [6.45, 7) is 13.2. The molecule has 1 aliphatic heterocycles. The van der Waals surface area contributed by atoms with Crippen LogP contribution in [0.5, 0.6) is 0 Å². The third-order valence-corrected chi connectivity index (χ3v) is 5.02. The predicted octanol–water partition coefficient (Wildman–Crippen LogP) is 3.39. The summed E-state index contributed by atoms with van der Waals surface area (Å²) in [7, 11) is 0. The molecular weight excluding hydrogens is 260 g/mol. The molecule has 118 valence electrons. The van der Waals surface area contributed by atoms with E-state index in [-0.39, 0.29) is 22.7 Å².